The third-order valence-electron chi connectivity index (χ3n) is 0.0962. The zero-order valence-corrected chi connectivity index (χ0v) is 6.08. The van der Waals surface area contributed by atoms with Crippen molar-refractivity contribution in [1.82, 2.24) is 0 Å². The van der Waals surface area contributed by atoms with Crippen molar-refractivity contribution in [3.63, 3.8) is 0 Å². The average molecular weight is 178 g/mol. The minimum Gasteiger partial charge on any atom is -0.153 e. The van der Waals surface area contributed by atoms with Crippen LogP contribution in [-0.2, 0) is 18.3 Å². The van der Waals surface area contributed by atoms with Crippen LogP contribution >= 0.6 is 9.90 Å². The van der Waals surface area contributed by atoms with Gasteiger partial charge in [0.1, 0.15) is 0 Å². The third kappa shape index (κ3) is 11.6. The van der Waals surface area contributed by atoms with Gasteiger partial charge in [-0.2, -0.15) is 9.90 Å². The van der Waals surface area contributed by atoms with Crippen LogP contribution in [0.4, 0.5) is 0 Å². The van der Waals surface area contributed by atoms with Gasteiger partial charge in [0.15, 0.2) is 0 Å². The normalized spacial score (nSPS) is 5.20. The Morgan fingerprint density at radius 3 is 2.00 bits per heavy atom. The fourth-order valence-electron chi connectivity index (χ4n) is 0. The Kier molecular flexibility index (Phi) is 16.4. The second-order valence-corrected chi connectivity index (χ2v) is 1.09. The quantitative estimate of drug-likeness (QED) is 0.321. The predicted molar refractivity (Wildman–Crippen MR) is 26.1 cm³/mol. The maximum Gasteiger partial charge on any atom is -0.153 e. The summed E-state index contributed by atoms with van der Waals surface area (Å²) in [6, 6.07) is 0. The van der Waals surface area contributed by atoms with E-state index in [1.165, 1.54) is 0 Å². The zero-order valence-electron chi connectivity index (χ0n) is 3.03. The monoisotopic (exact) mass is 178 g/mol. The predicted octanol–water partition coefficient (Wildman–Crippen LogP) is 1.20. The molecule has 0 radical (unpaired) electrons. The minimum absolute atomic E-state index is 0. The summed E-state index contributed by atoms with van der Waals surface area (Å²) < 4.78 is 0. The van der Waals surface area contributed by atoms with Gasteiger partial charge in [0, 0.05) is 0 Å². The molecule has 0 spiro atoms. The van der Waals surface area contributed by atoms with Crippen LogP contribution in [-0.4, -0.2) is 0 Å². The van der Waals surface area contributed by atoms with E-state index < -0.39 is 0 Å². The largest absolute Gasteiger partial charge is 0.153 e. The molecule has 2 heteroatoms. The van der Waals surface area contributed by atoms with E-state index in [2.05, 4.69) is 24.9 Å². The topological polar surface area (TPSA) is 0 Å². The molecule has 0 aliphatic carbocycles. The average Bonchev–Trinajstić information content (AvgIpc) is 1.37. The van der Waals surface area contributed by atoms with Crippen molar-refractivity contribution in [1.29, 1.82) is 0 Å². The van der Waals surface area contributed by atoms with Crippen LogP contribution < -0.4 is 0 Å². The maximum atomic E-state index is 3.45. The fraction of sp³-hybridized carbons (Fsp3) is 0.333. The molecule has 0 rings (SSSR count). The van der Waals surface area contributed by atoms with Crippen molar-refractivity contribution < 1.29 is 18.3 Å². The molecule has 0 saturated carbocycles. The summed E-state index contributed by atoms with van der Waals surface area (Å²) in [5.74, 6) is 0. The summed E-state index contributed by atoms with van der Waals surface area (Å²) in [4.78, 5) is 0. The van der Waals surface area contributed by atoms with E-state index in [9.17, 15) is 0 Å². The molecule has 1 atom stereocenters. The molecule has 0 heterocycles. The van der Waals surface area contributed by atoms with Crippen molar-refractivity contribution in [3.8, 4) is 0 Å². The summed E-state index contributed by atoms with van der Waals surface area (Å²) >= 11 is 2.69. The van der Waals surface area contributed by atoms with Gasteiger partial charge in [0.25, 0.3) is 0 Å². The van der Waals surface area contributed by atoms with Crippen LogP contribution in [0.15, 0.2) is 12.7 Å². The molecule has 1 unspecified atom stereocenters. The Morgan fingerprint density at radius 1 is 1.80 bits per heavy atom. The van der Waals surface area contributed by atoms with Crippen molar-refractivity contribution in [2.75, 3.05) is 0 Å². The number of rotatable bonds is 1. The summed E-state index contributed by atoms with van der Waals surface area (Å²) in [6.45, 7) is 3.45. The van der Waals surface area contributed by atoms with Gasteiger partial charge >= 0.3 is 36.0 Å². The third-order valence-corrected chi connectivity index (χ3v) is 0.569. The Labute approximate surface area is 46.3 Å². The molecule has 0 aromatic rings. The molecule has 0 bridgehead atoms. The van der Waals surface area contributed by atoms with E-state index in [0.29, 0.717) is 0 Å². The van der Waals surface area contributed by atoms with Crippen LogP contribution in [0.5, 0.6) is 0 Å². The van der Waals surface area contributed by atoms with Gasteiger partial charge in [-0.05, 0) is 0 Å². The Hall–Kier alpha value is 0.793. The van der Waals surface area contributed by atoms with E-state index in [4.69, 9.17) is 0 Å². The SMILES string of the molecule is C=C[CH2][Rh].P. The van der Waals surface area contributed by atoms with E-state index >= 15 is 0 Å². The first-order valence-corrected chi connectivity index (χ1v) is 2.21. The van der Waals surface area contributed by atoms with Gasteiger partial charge in [-0.3, -0.25) is 0 Å². The molecule has 0 aromatic carbocycles. The summed E-state index contributed by atoms with van der Waals surface area (Å²) in [5, 5.41) is 0.973. The van der Waals surface area contributed by atoms with Gasteiger partial charge in [-0.1, -0.05) is 0 Å². The van der Waals surface area contributed by atoms with Gasteiger partial charge in [-0.15, -0.1) is 0 Å². The van der Waals surface area contributed by atoms with Crippen molar-refractivity contribution in [3.05, 3.63) is 12.7 Å². The van der Waals surface area contributed by atoms with Crippen molar-refractivity contribution in [2.45, 2.75) is 5.02 Å². The summed E-state index contributed by atoms with van der Waals surface area (Å²) in [7, 11) is 0. The van der Waals surface area contributed by atoms with E-state index in [1.807, 2.05) is 6.08 Å². The Morgan fingerprint density at radius 2 is 2.00 bits per heavy atom. The van der Waals surface area contributed by atoms with E-state index in [1.54, 1.807) is 0 Å². The van der Waals surface area contributed by atoms with Gasteiger partial charge in [0.2, 0.25) is 0 Å². The fourth-order valence-corrected chi connectivity index (χ4v) is 0. The Balaban J connectivity index is 0. The minimum atomic E-state index is 0. The molecule has 0 nitrogen and oxygen atoms in total. The van der Waals surface area contributed by atoms with Gasteiger partial charge in [0.05, 0.1) is 0 Å². The van der Waals surface area contributed by atoms with Crippen LogP contribution in [0, 0.1) is 0 Å². The van der Waals surface area contributed by atoms with Crippen molar-refractivity contribution in [2.24, 2.45) is 0 Å². The van der Waals surface area contributed by atoms with Crippen LogP contribution in [0.1, 0.15) is 0 Å². The zero-order chi connectivity index (χ0) is 3.41. The first kappa shape index (κ1) is 9.25. The van der Waals surface area contributed by atoms with E-state index in [-0.39, 0.29) is 9.90 Å². The molecular weight excluding hydrogens is 170 g/mol. The molecule has 0 aliphatic heterocycles. The van der Waals surface area contributed by atoms with Crippen LogP contribution in [0.2, 0.25) is 5.02 Å². The molecule has 0 aliphatic rings. The molecule has 5 heavy (non-hydrogen) atoms. The number of hydrogen-bond donors (Lipinski definition) is 0. The smallest absolute Gasteiger partial charge is 0.153 e. The molecule has 0 saturated heterocycles. The second kappa shape index (κ2) is 8.84. The summed E-state index contributed by atoms with van der Waals surface area (Å²) in [6.07, 6.45) is 1.83. The molecule has 0 aromatic heterocycles. The standard InChI is InChI=1S/C3H5.H3P.Rh/c1-3-2;;/h3H,1-2H2;1H3;. The first-order valence-electron chi connectivity index (χ1n) is 1.05. The van der Waals surface area contributed by atoms with E-state index in [0.717, 1.165) is 5.02 Å². The van der Waals surface area contributed by atoms with Gasteiger partial charge in [-0.25, -0.2) is 0 Å². The first-order chi connectivity index (χ1) is 1.91. The molecule has 0 amide bonds. The van der Waals surface area contributed by atoms with Crippen molar-refractivity contribution >= 4 is 9.90 Å². The molecule has 34 valence electrons. The van der Waals surface area contributed by atoms with Gasteiger partial charge < -0.3 is 0 Å². The second-order valence-electron chi connectivity index (χ2n) is 0.425. The maximum absolute atomic E-state index is 3.45. The molecule has 0 N–H and O–H groups in total. The number of hydrogen-bond acceptors (Lipinski definition) is 0. The summed E-state index contributed by atoms with van der Waals surface area (Å²) in [5.41, 5.74) is 0. The molecular formula is C3H8PRh. The number of allylic oxidation sites excluding steroid dienone is 1. The van der Waals surface area contributed by atoms with Crippen LogP contribution in [0.3, 0.4) is 0 Å². The van der Waals surface area contributed by atoms with Crippen LogP contribution in [0.25, 0.3) is 0 Å². The Bertz CT molecular complexity index is 20.9. The molecule has 0 fully saturated rings.